The molecule has 3 heterocycles. The highest BCUT2D eigenvalue weighted by Crippen LogP contribution is 2.32. The maximum absolute atomic E-state index is 12.7. The number of anilines is 1. The van der Waals surface area contributed by atoms with Crippen molar-refractivity contribution in [3.8, 4) is 11.3 Å². The number of pyridine rings is 1. The molecule has 2 aromatic rings. The van der Waals surface area contributed by atoms with Crippen LogP contribution in [-0.2, 0) is 16.6 Å². The third-order valence-corrected chi connectivity index (χ3v) is 4.56. The summed E-state index contributed by atoms with van der Waals surface area (Å²) >= 11 is 0. The molecule has 1 atom stereocenters. The van der Waals surface area contributed by atoms with E-state index in [9.17, 15) is 9.59 Å². The molecule has 0 aliphatic carbocycles. The number of likely N-dealkylation sites (tertiary alicyclic amines) is 1. The van der Waals surface area contributed by atoms with Crippen LogP contribution in [0.15, 0.2) is 30.6 Å². The minimum Gasteiger partial charge on any atom is -0.342 e. The van der Waals surface area contributed by atoms with Gasteiger partial charge < -0.3 is 10.2 Å². The number of carbonyl (C=O) groups is 2. The number of hydrogen-bond acceptors (Lipinski definition) is 4. The molecule has 1 aliphatic heterocycles. The molecule has 0 spiro atoms. The third-order valence-electron chi connectivity index (χ3n) is 4.56. The second-order valence-corrected chi connectivity index (χ2v) is 6.48. The third kappa shape index (κ3) is 3.02. The van der Waals surface area contributed by atoms with Crippen LogP contribution < -0.4 is 5.32 Å². The van der Waals surface area contributed by atoms with Gasteiger partial charge in [-0.2, -0.15) is 5.10 Å². The van der Waals surface area contributed by atoms with Gasteiger partial charge in [0, 0.05) is 51.1 Å². The molecule has 1 unspecified atom stereocenters. The molecule has 1 saturated heterocycles. The smallest absolute Gasteiger partial charge is 0.233 e. The first-order chi connectivity index (χ1) is 11.4. The van der Waals surface area contributed by atoms with Crippen molar-refractivity contribution in [2.75, 3.05) is 18.4 Å². The number of hydrogen-bond donors (Lipinski definition) is 1. The molecule has 0 bridgehead atoms. The predicted molar refractivity (Wildman–Crippen MR) is 90.0 cm³/mol. The molecule has 24 heavy (non-hydrogen) atoms. The minimum absolute atomic E-state index is 0.00651. The number of nitrogens with zero attached hydrogens (tertiary/aromatic N) is 4. The first-order valence-electron chi connectivity index (χ1n) is 7.90. The zero-order chi connectivity index (χ0) is 17.3. The maximum atomic E-state index is 12.7. The summed E-state index contributed by atoms with van der Waals surface area (Å²) in [5, 5.41) is 7.39. The Labute approximate surface area is 140 Å². The normalized spacial score (nSPS) is 20.2. The first kappa shape index (κ1) is 16.2. The minimum atomic E-state index is -0.577. The predicted octanol–water partition coefficient (Wildman–Crippen LogP) is 1.68. The highest BCUT2D eigenvalue weighted by Gasteiger charge is 2.41. The second-order valence-electron chi connectivity index (χ2n) is 6.48. The van der Waals surface area contributed by atoms with E-state index in [0.717, 1.165) is 11.3 Å². The zero-order valence-corrected chi connectivity index (χ0v) is 14.1. The van der Waals surface area contributed by atoms with E-state index in [0.29, 0.717) is 25.3 Å². The van der Waals surface area contributed by atoms with E-state index in [-0.39, 0.29) is 11.8 Å². The molecular formula is C17H21N5O2. The summed E-state index contributed by atoms with van der Waals surface area (Å²) in [5.41, 5.74) is 1.14. The molecule has 7 heteroatoms. The van der Waals surface area contributed by atoms with Gasteiger partial charge in [-0.3, -0.25) is 19.3 Å². The Bertz CT molecular complexity index is 771. The fourth-order valence-electron chi connectivity index (χ4n) is 2.93. The molecule has 0 aromatic carbocycles. The van der Waals surface area contributed by atoms with Crippen LogP contribution in [0.5, 0.6) is 0 Å². The molecule has 1 N–H and O–H groups in total. The van der Waals surface area contributed by atoms with Crippen LogP contribution in [0, 0.1) is 5.41 Å². The molecule has 0 radical (unpaired) electrons. The lowest BCUT2D eigenvalue weighted by molar-refractivity contribution is -0.129. The van der Waals surface area contributed by atoms with Crippen molar-refractivity contribution >= 4 is 17.6 Å². The van der Waals surface area contributed by atoms with Gasteiger partial charge >= 0.3 is 0 Å². The Kier molecular flexibility index (Phi) is 4.09. The molecule has 126 valence electrons. The van der Waals surface area contributed by atoms with Crippen molar-refractivity contribution in [1.29, 1.82) is 0 Å². The van der Waals surface area contributed by atoms with E-state index in [1.807, 2.05) is 25.1 Å². The van der Waals surface area contributed by atoms with E-state index < -0.39 is 5.41 Å². The first-order valence-corrected chi connectivity index (χ1v) is 7.90. The number of rotatable bonds is 3. The Hall–Kier alpha value is -2.70. The molecule has 7 nitrogen and oxygen atoms in total. The lowest BCUT2D eigenvalue weighted by Gasteiger charge is -2.23. The molecular weight excluding hydrogens is 306 g/mol. The van der Waals surface area contributed by atoms with Crippen LogP contribution in [0.25, 0.3) is 11.3 Å². The molecule has 2 aromatic heterocycles. The second kappa shape index (κ2) is 6.07. The van der Waals surface area contributed by atoms with Gasteiger partial charge in [-0.05, 0) is 25.5 Å². The Morgan fingerprint density at radius 2 is 2.00 bits per heavy atom. The van der Waals surface area contributed by atoms with Crippen molar-refractivity contribution in [3.63, 3.8) is 0 Å². The quantitative estimate of drug-likeness (QED) is 0.930. The van der Waals surface area contributed by atoms with Gasteiger partial charge in [0.1, 0.15) is 5.82 Å². The van der Waals surface area contributed by atoms with Crippen LogP contribution in [-0.4, -0.2) is 44.6 Å². The van der Waals surface area contributed by atoms with Crippen molar-refractivity contribution in [1.82, 2.24) is 19.7 Å². The Balaban J connectivity index is 1.76. The summed E-state index contributed by atoms with van der Waals surface area (Å²) in [5.74, 6) is 0.553. The summed E-state index contributed by atoms with van der Waals surface area (Å²) < 4.78 is 1.65. The van der Waals surface area contributed by atoms with Crippen molar-refractivity contribution in [2.45, 2.75) is 20.3 Å². The molecule has 1 fully saturated rings. The van der Waals surface area contributed by atoms with E-state index in [1.165, 1.54) is 6.92 Å². The van der Waals surface area contributed by atoms with Crippen LogP contribution >= 0.6 is 0 Å². The average Bonchev–Trinajstić information content (AvgIpc) is 3.13. The van der Waals surface area contributed by atoms with Gasteiger partial charge in [-0.15, -0.1) is 0 Å². The number of carbonyl (C=O) groups excluding carboxylic acids is 2. The fourth-order valence-corrected chi connectivity index (χ4v) is 2.93. The SMILES string of the molecule is CC(=O)N1CCC(C)(C(=O)Nc2cc(-c3ccncc3)nn2C)C1. The Morgan fingerprint density at radius 1 is 1.29 bits per heavy atom. The summed E-state index contributed by atoms with van der Waals surface area (Å²) in [7, 11) is 1.79. The lowest BCUT2D eigenvalue weighted by Crippen LogP contribution is -2.37. The van der Waals surface area contributed by atoms with Crippen LogP contribution in [0.2, 0.25) is 0 Å². The monoisotopic (exact) mass is 327 g/mol. The van der Waals surface area contributed by atoms with Crippen LogP contribution in [0.1, 0.15) is 20.3 Å². The number of aryl methyl sites for hydroxylation is 1. The molecule has 3 rings (SSSR count). The summed E-state index contributed by atoms with van der Waals surface area (Å²) in [6, 6.07) is 5.59. The summed E-state index contributed by atoms with van der Waals surface area (Å²) in [6.07, 6.45) is 4.07. The number of nitrogens with one attached hydrogen (secondary N) is 1. The number of amides is 2. The molecule has 0 saturated carbocycles. The van der Waals surface area contributed by atoms with Gasteiger partial charge in [-0.1, -0.05) is 0 Å². The van der Waals surface area contributed by atoms with E-state index in [1.54, 1.807) is 29.0 Å². The number of aromatic nitrogens is 3. The zero-order valence-electron chi connectivity index (χ0n) is 14.1. The van der Waals surface area contributed by atoms with Crippen LogP contribution in [0.4, 0.5) is 5.82 Å². The standard InChI is InChI=1S/C17H21N5O2/c1-12(23)22-9-6-17(2,11-22)16(24)19-15-10-14(20-21(15)3)13-4-7-18-8-5-13/h4-5,7-8,10H,6,9,11H2,1-3H3,(H,19,24). The van der Waals surface area contributed by atoms with Gasteiger partial charge in [0.25, 0.3) is 0 Å². The van der Waals surface area contributed by atoms with Gasteiger partial charge in [-0.25, -0.2) is 0 Å². The largest absolute Gasteiger partial charge is 0.342 e. The lowest BCUT2D eigenvalue weighted by atomic mass is 9.89. The fraction of sp³-hybridized carbons (Fsp3) is 0.412. The van der Waals surface area contributed by atoms with E-state index in [2.05, 4.69) is 15.4 Å². The molecule has 2 amide bonds. The van der Waals surface area contributed by atoms with Crippen LogP contribution in [0.3, 0.4) is 0 Å². The highest BCUT2D eigenvalue weighted by molar-refractivity contribution is 5.95. The average molecular weight is 327 g/mol. The topological polar surface area (TPSA) is 80.1 Å². The summed E-state index contributed by atoms with van der Waals surface area (Å²) in [4.78, 5) is 29.9. The summed E-state index contributed by atoms with van der Waals surface area (Å²) in [6.45, 7) is 4.49. The van der Waals surface area contributed by atoms with Gasteiger partial charge in [0.15, 0.2) is 0 Å². The highest BCUT2D eigenvalue weighted by atomic mass is 16.2. The van der Waals surface area contributed by atoms with E-state index >= 15 is 0 Å². The van der Waals surface area contributed by atoms with Crippen molar-refractivity contribution in [2.24, 2.45) is 12.5 Å². The Morgan fingerprint density at radius 3 is 2.62 bits per heavy atom. The van der Waals surface area contributed by atoms with Gasteiger partial charge in [0.2, 0.25) is 11.8 Å². The van der Waals surface area contributed by atoms with E-state index in [4.69, 9.17) is 0 Å². The van der Waals surface area contributed by atoms with Gasteiger partial charge in [0.05, 0.1) is 11.1 Å². The molecule has 1 aliphatic rings. The van der Waals surface area contributed by atoms with Crippen molar-refractivity contribution in [3.05, 3.63) is 30.6 Å². The van der Waals surface area contributed by atoms with Crippen molar-refractivity contribution < 1.29 is 9.59 Å². The maximum Gasteiger partial charge on any atom is 0.233 e.